The van der Waals surface area contributed by atoms with Gasteiger partial charge in [0.15, 0.2) is 16.8 Å². The van der Waals surface area contributed by atoms with Crippen molar-refractivity contribution in [3.63, 3.8) is 0 Å². The average Bonchev–Trinajstić information content (AvgIpc) is 3.41. The van der Waals surface area contributed by atoms with Crippen LogP contribution in [0.25, 0.3) is 10.7 Å². The van der Waals surface area contributed by atoms with Gasteiger partial charge in [0, 0.05) is 31.8 Å². The van der Waals surface area contributed by atoms with Crippen LogP contribution in [0.5, 0.6) is 0 Å². The van der Waals surface area contributed by atoms with Gasteiger partial charge in [0.1, 0.15) is 0 Å². The number of ketones is 1. The first-order valence-electron chi connectivity index (χ1n) is 9.01. The Labute approximate surface area is 171 Å². The number of amides is 1. The van der Waals surface area contributed by atoms with Crippen molar-refractivity contribution in [2.45, 2.75) is 30.7 Å². The van der Waals surface area contributed by atoms with E-state index < -0.39 is 0 Å². The molecule has 1 aromatic carbocycles. The summed E-state index contributed by atoms with van der Waals surface area (Å²) in [4.78, 5) is 27.5. The summed E-state index contributed by atoms with van der Waals surface area (Å²) < 4.78 is 1.92. The largest absolute Gasteiger partial charge is 0.312 e. The maximum Gasteiger partial charge on any atom is 0.223 e. The smallest absolute Gasteiger partial charge is 0.223 e. The van der Waals surface area contributed by atoms with Gasteiger partial charge in [-0.05, 0) is 48.6 Å². The third kappa shape index (κ3) is 3.38. The summed E-state index contributed by atoms with van der Waals surface area (Å²) in [7, 11) is 1.92. The molecule has 4 rings (SSSR count). The van der Waals surface area contributed by atoms with Crippen LogP contribution < -0.4 is 4.90 Å². The molecular formula is C20H20N4O2S2. The first-order chi connectivity index (χ1) is 13.5. The number of aromatic nitrogens is 3. The maximum atomic E-state index is 13.0. The molecule has 6 nitrogen and oxygen atoms in total. The average molecular weight is 413 g/mol. The van der Waals surface area contributed by atoms with Crippen molar-refractivity contribution in [3.8, 4) is 10.7 Å². The second-order valence-electron chi connectivity index (χ2n) is 6.73. The minimum absolute atomic E-state index is 0.0329. The monoisotopic (exact) mass is 412 g/mol. The van der Waals surface area contributed by atoms with E-state index in [2.05, 4.69) is 10.2 Å². The fourth-order valence-corrected chi connectivity index (χ4v) is 5.00. The van der Waals surface area contributed by atoms with E-state index in [0.29, 0.717) is 17.3 Å². The van der Waals surface area contributed by atoms with Gasteiger partial charge >= 0.3 is 0 Å². The standard InChI is InChI=1S/C20H20N4O2S2/c1-12(28-20-22-21-19(23(20)3)17-5-4-10-27-17)18(26)15-6-7-16-14(11-15)8-9-24(16)13(2)25/h4-7,10-12H,8-9H2,1-3H3. The molecule has 1 unspecified atom stereocenters. The highest BCUT2D eigenvalue weighted by Gasteiger charge is 2.25. The molecule has 144 valence electrons. The van der Waals surface area contributed by atoms with Gasteiger partial charge in [-0.25, -0.2) is 0 Å². The van der Waals surface area contributed by atoms with Crippen molar-refractivity contribution in [2.24, 2.45) is 7.05 Å². The molecule has 3 aromatic rings. The first kappa shape index (κ1) is 18.9. The van der Waals surface area contributed by atoms with Crippen molar-refractivity contribution < 1.29 is 9.59 Å². The summed E-state index contributed by atoms with van der Waals surface area (Å²) in [5.41, 5.74) is 2.64. The molecule has 0 spiro atoms. The molecule has 1 aliphatic rings. The number of hydrogen-bond acceptors (Lipinski definition) is 6. The van der Waals surface area contributed by atoms with Gasteiger partial charge in [-0.2, -0.15) is 0 Å². The molecule has 0 radical (unpaired) electrons. The van der Waals surface area contributed by atoms with Gasteiger partial charge in [-0.15, -0.1) is 21.5 Å². The molecule has 1 amide bonds. The topological polar surface area (TPSA) is 68.1 Å². The fraction of sp³-hybridized carbons (Fsp3) is 0.300. The van der Waals surface area contributed by atoms with Crippen LogP contribution in [0.3, 0.4) is 0 Å². The van der Waals surface area contributed by atoms with Crippen LogP contribution >= 0.6 is 23.1 Å². The van der Waals surface area contributed by atoms with E-state index in [1.165, 1.54) is 11.8 Å². The number of nitrogens with zero attached hydrogens (tertiary/aromatic N) is 4. The Morgan fingerprint density at radius 1 is 1.25 bits per heavy atom. The van der Waals surface area contributed by atoms with E-state index in [1.54, 1.807) is 23.2 Å². The lowest BCUT2D eigenvalue weighted by Gasteiger charge is -2.15. The SMILES string of the molecule is CC(=O)N1CCc2cc(C(=O)C(C)Sc3nnc(-c4cccs4)n3C)ccc21. The summed E-state index contributed by atoms with van der Waals surface area (Å²) in [5, 5.41) is 11.0. The lowest BCUT2D eigenvalue weighted by atomic mass is 10.0. The summed E-state index contributed by atoms with van der Waals surface area (Å²) in [6.07, 6.45) is 0.783. The predicted octanol–water partition coefficient (Wildman–Crippen LogP) is 3.82. The minimum Gasteiger partial charge on any atom is -0.312 e. The van der Waals surface area contributed by atoms with Gasteiger partial charge in [0.2, 0.25) is 5.91 Å². The normalized spacial score (nSPS) is 14.2. The number of hydrogen-bond donors (Lipinski definition) is 0. The number of thiophene rings is 1. The highest BCUT2D eigenvalue weighted by molar-refractivity contribution is 8.00. The molecule has 1 atom stereocenters. The van der Waals surface area contributed by atoms with Crippen LogP contribution in [-0.4, -0.2) is 38.2 Å². The zero-order valence-corrected chi connectivity index (χ0v) is 17.5. The Morgan fingerprint density at radius 2 is 2.07 bits per heavy atom. The second-order valence-corrected chi connectivity index (χ2v) is 8.99. The van der Waals surface area contributed by atoms with E-state index in [0.717, 1.165) is 28.4 Å². The summed E-state index contributed by atoms with van der Waals surface area (Å²) in [6, 6.07) is 9.60. The zero-order chi connectivity index (χ0) is 19.8. The number of carbonyl (C=O) groups excluding carboxylic acids is 2. The van der Waals surface area contributed by atoms with E-state index in [1.807, 2.05) is 54.3 Å². The van der Waals surface area contributed by atoms with E-state index in [9.17, 15) is 9.59 Å². The van der Waals surface area contributed by atoms with Gasteiger partial charge in [-0.1, -0.05) is 17.8 Å². The molecular weight excluding hydrogens is 392 g/mol. The van der Waals surface area contributed by atoms with Gasteiger partial charge in [0.25, 0.3) is 0 Å². The number of benzene rings is 1. The predicted molar refractivity (Wildman–Crippen MR) is 112 cm³/mol. The highest BCUT2D eigenvalue weighted by atomic mass is 32.2. The Hall–Kier alpha value is -2.45. The van der Waals surface area contributed by atoms with Crippen molar-refractivity contribution in [1.82, 2.24) is 14.8 Å². The van der Waals surface area contributed by atoms with Crippen molar-refractivity contribution in [2.75, 3.05) is 11.4 Å². The molecule has 0 saturated heterocycles. The maximum absolute atomic E-state index is 13.0. The third-order valence-electron chi connectivity index (χ3n) is 4.87. The molecule has 28 heavy (non-hydrogen) atoms. The minimum atomic E-state index is -0.289. The molecule has 1 aliphatic heterocycles. The van der Waals surface area contributed by atoms with Crippen LogP contribution in [0.4, 0.5) is 5.69 Å². The third-order valence-corrected chi connectivity index (χ3v) is 6.87. The second kappa shape index (κ2) is 7.52. The van der Waals surface area contributed by atoms with Crippen LogP contribution in [0.15, 0.2) is 40.9 Å². The zero-order valence-electron chi connectivity index (χ0n) is 15.9. The lowest BCUT2D eigenvalue weighted by molar-refractivity contribution is -0.116. The quantitative estimate of drug-likeness (QED) is 0.471. The van der Waals surface area contributed by atoms with Crippen molar-refractivity contribution in [3.05, 3.63) is 46.8 Å². The molecule has 8 heteroatoms. The van der Waals surface area contributed by atoms with Crippen molar-refractivity contribution >= 4 is 40.5 Å². The van der Waals surface area contributed by atoms with Gasteiger partial charge in [0.05, 0.1) is 10.1 Å². The molecule has 0 fully saturated rings. The summed E-state index contributed by atoms with van der Waals surface area (Å²) in [5.74, 6) is 0.888. The molecule has 0 aliphatic carbocycles. The fourth-order valence-electron chi connectivity index (χ4n) is 3.37. The van der Waals surface area contributed by atoms with E-state index in [-0.39, 0.29) is 16.9 Å². The molecule has 0 saturated carbocycles. The number of fused-ring (bicyclic) bond motifs is 1. The lowest BCUT2D eigenvalue weighted by Crippen LogP contribution is -2.25. The summed E-state index contributed by atoms with van der Waals surface area (Å²) in [6.45, 7) is 4.14. The van der Waals surface area contributed by atoms with E-state index >= 15 is 0 Å². The van der Waals surface area contributed by atoms with Gasteiger partial charge in [-0.3, -0.25) is 9.59 Å². The Balaban J connectivity index is 1.51. The number of Topliss-reactive ketones (excluding diaryl/α,β-unsaturated/α-hetero) is 1. The Morgan fingerprint density at radius 3 is 2.79 bits per heavy atom. The molecule has 2 aromatic heterocycles. The van der Waals surface area contributed by atoms with Crippen LogP contribution in [-0.2, 0) is 18.3 Å². The van der Waals surface area contributed by atoms with E-state index in [4.69, 9.17) is 0 Å². The van der Waals surface area contributed by atoms with Crippen LogP contribution in [0.1, 0.15) is 29.8 Å². The number of carbonyl (C=O) groups is 2. The molecule has 0 bridgehead atoms. The number of anilines is 1. The van der Waals surface area contributed by atoms with Crippen molar-refractivity contribution in [1.29, 1.82) is 0 Å². The molecule has 3 heterocycles. The van der Waals surface area contributed by atoms with Gasteiger partial charge < -0.3 is 9.47 Å². The first-order valence-corrected chi connectivity index (χ1v) is 10.8. The summed E-state index contributed by atoms with van der Waals surface area (Å²) >= 11 is 3.02. The van der Waals surface area contributed by atoms with Crippen LogP contribution in [0.2, 0.25) is 0 Å². The Bertz CT molecular complexity index is 1040. The Kier molecular flexibility index (Phi) is 5.07. The number of thioether (sulfide) groups is 1. The van der Waals surface area contributed by atoms with Crippen LogP contribution in [0, 0.1) is 0 Å². The highest BCUT2D eigenvalue weighted by Crippen LogP contribution is 2.32. The molecule has 0 N–H and O–H groups in total. The number of rotatable bonds is 5.